The van der Waals surface area contributed by atoms with Crippen molar-refractivity contribution in [3.63, 3.8) is 0 Å². The third kappa shape index (κ3) is 3.86. The zero-order chi connectivity index (χ0) is 15.6. The molecule has 0 fully saturated rings. The lowest BCUT2D eigenvalue weighted by atomic mass is 10.2. The first-order valence-electron chi connectivity index (χ1n) is 5.51. The van der Waals surface area contributed by atoms with Gasteiger partial charge in [0.05, 0.1) is 22.2 Å². The average molecular weight is 495 g/mol. The summed E-state index contributed by atoms with van der Waals surface area (Å²) >= 11 is 9.95. The number of halogens is 3. The van der Waals surface area contributed by atoms with Gasteiger partial charge in [-0.2, -0.15) is 5.26 Å². The van der Waals surface area contributed by atoms with Crippen LogP contribution in [-0.2, 0) is 10.0 Å². The van der Waals surface area contributed by atoms with Crippen molar-refractivity contribution in [1.29, 1.82) is 5.26 Å². The molecule has 0 unspecified atom stereocenters. The molecule has 0 saturated carbocycles. The van der Waals surface area contributed by atoms with Gasteiger partial charge in [0.25, 0.3) is 10.0 Å². The molecule has 8 heteroatoms. The zero-order valence-corrected chi connectivity index (χ0v) is 15.8. The molecular formula is C13H7Br3N2O2S. The van der Waals surface area contributed by atoms with Gasteiger partial charge in [0.2, 0.25) is 0 Å². The third-order valence-corrected chi connectivity index (χ3v) is 5.61. The Balaban J connectivity index is 2.40. The Morgan fingerprint density at radius 1 is 1.00 bits per heavy atom. The molecule has 2 aromatic rings. The van der Waals surface area contributed by atoms with Crippen molar-refractivity contribution in [1.82, 2.24) is 0 Å². The number of anilines is 1. The lowest BCUT2D eigenvalue weighted by Crippen LogP contribution is -2.13. The fraction of sp³-hybridized carbons (Fsp3) is 0. The van der Waals surface area contributed by atoms with Gasteiger partial charge < -0.3 is 0 Å². The first-order chi connectivity index (χ1) is 9.83. The first kappa shape index (κ1) is 16.5. The molecule has 4 nitrogen and oxygen atoms in total. The van der Waals surface area contributed by atoms with Crippen LogP contribution in [0.25, 0.3) is 0 Å². The number of benzene rings is 2. The van der Waals surface area contributed by atoms with Gasteiger partial charge in [-0.05, 0) is 68.3 Å². The van der Waals surface area contributed by atoms with Crippen LogP contribution in [0.3, 0.4) is 0 Å². The van der Waals surface area contributed by atoms with Gasteiger partial charge in [-0.15, -0.1) is 0 Å². The van der Waals surface area contributed by atoms with E-state index in [0.717, 1.165) is 4.47 Å². The maximum Gasteiger partial charge on any atom is 0.261 e. The summed E-state index contributed by atoms with van der Waals surface area (Å²) in [4.78, 5) is 0.0863. The maximum absolute atomic E-state index is 12.3. The minimum Gasteiger partial charge on any atom is -0.277 e. The summed E-state index contributed by atoms with van der Waals surface area (Å²) < 4.78 is 29.2. The molecule has 0 aliphatic rings. The topological polar surface area (TPSA) is 70.0 Å². The standard InChI is InChI=1S/C13H7Br3N2O2S/c14-9-5-11(15)13(12(16)6-9)18-21(19,20)10-3-1-8(7-17)2-4-10/h1-6,18H. The average Bonchev–Trinajstić information content (AvgIpc) is 2.43. The molecule has 0 bridgehead atoms. The van der Waals surface area contributed by atoms with Crippen LogP contribution >= 0.6 is 47.8 Å². The third-order valence-electron chi connectivity index (χ3n) is 2.54. The molecule has 0 aromatic heterocycles. The van der Waals surface area contributed by atoms with Crippen LogP contribution in [0.4, 0.5) is 5.69 Å². The van der Waals surface area contributed by atoms with Crippen LogP contribution < -0.4 is 4.72 Å². The highest BCUT2D eigenvalue weighted by molar-refractivity contribution is 9.11. The summed E-state index contributed by atoms with van der Waals surface area (Å²) in [5.41, 5.74) is 0.808. The monoisotopic (exact) mass is 492 g/mol. The van der Waals surface area contributed by atoms with E-state index < -0.39 is 10.0 Å². The smallest absolute Gasteiger partial charge is 0.261 e. The van der Waals surface area contributed by atoms with E-state index in [1.807, 2.05) is 6.07 Å². The molecular weight excluding hydrogens is 488 g/mol. The highest BCUT2D eigenvalue weighted by atomic mass is 79.9. The molecule has 2 aromatic carbocycles. The second-order valence-electron chi connectivity index (χ2n) is 3.99. The maximum atomic E-state index is 12.3. The first-order valence-corrected chi connectivity index (χ1v) is 9.37. The van der Waals surface area contributed by atoms with Crippen LogP contribution in [0.5, 0.6) is 0 Å². The van der Waals surface area contributed by atoms with Gasteiger partial charge >= 0.3 is 0 Å². The predicted molar refractivity (Wildman–Crippen MR) is 91.5 cm³/mol. The summed E-state index contributed by atoms with van der Waals surface area (Å²) in [5.74, 6) is 0. The molecule has 0 aliphatic heterocycles. The van der Waals surface area contributed by atoms with Crippen LogP contribution in [0, 0.1) is 11.3 Å². The van der Waals surface area contributed by atoms with Crippen LogP contribution in [0.2, 0.25) is 0 Å². The highest BCUT2D eigenvalue weighted by Gasteiger charge is 2.18. The SMILES string of the molecule is N#Cc1ccc(S(=O)(=O)Nc2c(Br)cc(Br)cc2Br)cc1. The molecule has 0 atom stereocenters. The number of nitriles is 1. The summed E-state index contributed by atoms with van der Waals surface area (Å²) in [6.45, 7) is 0. The Hall–Kier alpha value is -0.880. The molecule has 0 heterocycles. The van der Waals surface area contributed by atoms with Gasteiger partial charge in [-0.1, -0.05) is 15.9 Å². The number of hydrogen-bond donors (Lipinski definition) is 1. The Morgan fingerprint density at radius 2 is 1.52 bits per heavy atom. The van der Waals surface area contributed by atoms with Crippen molar-refractivity contribution >= 4 is 63.5 Å². The zero-order valence-electron chi connectivity index (χ0n) is 10.3. The van der Waals surface area contributed by atoms with E-state index in [1.54, 1.807) is 12.1 Å². The van der Waals surface area contributed by atoms with Crippen LogP contribution in [-0.4, -0.2) is 8.42 Å². The highest BCUT2D eigenvalue weighted by Crippen LogP contribution is 2.35. The van der Waals surface area contributed by atoms with Crippen LogP contribution in [0.15, 0.2) is 54.7 Å². The predicted octanol–water partition coefficient (Wildman–Crippen LogP) is 4.65. The Labute approximate surface area is 147 Å². The van der Waals surface area contributed by atoms with E-state index >= 15 is 0 Å². The largest absolute Gasteiger partial charge is 0.277 e. The fourth-order valence-electron chi connectivity index (χ4n) is 1.54. The van der Waals surface area contributed by atoms with Crippen molar-refractivity contribution < 1.29 is 8.42 Å². The summed E-state index contributed by atoms with van der Waals surface area (Å²) in [5, 5.41) is 8.73. The number of nitrogens with zero attached hydrogens (tertiary/aromatic N) is 1. The second-order valence-corrected chi connectivity index (χ2v) is 8.29. The molecule has 2 rings (SSSR count). The summed E-state index contributed by atoms with van der Waals surface area (Å²) in [7, 11) is -3.73. The van der Waals surface area contributed by atoms with E-state index in [9.17, 15) is 8.42 Å². The molecule has 1 N–H and O–H groups in total. The Bertz CT molecular complexity index is 804. The molecule has 21 heavy (non-hydrogen) atoms. The minimum absolute atomic E-state index is 0.0863. The van der Waals surface area contributed by atoms with Gasteiger partial charge in [0, 0.05) is 13.4 Å². The Kier molecular flexibility index (Phi) is 5.09. The quantitative estimate of drug-likeness (QED) is 0.675. The molecule has 108 valence electrons. The van der Waals surface area contributed by atoms with Crippen molar-refractivity contribution in [2.75, 3.05) is 4.72 Å². The van der Waals surface area contributed by atoms with Crippen molar-refractivity contribution in [3.05, 3.63) is 55.4 Å². The van der Waals surface area contributed by atoms with E-state index in [-0.39, 0.29) is 4.90 Å². The summed E-state index contributed by atoms with van der Waals surface area (Å²) in [6.07, 6.45) is 0. The lowest BCUT2D eigenvalue weighted by molar-refractivity contribution is 0.601. The van der Waals surface area contributed by atoms with Crippen molar-refractivity contribution in [2.45, 2.75) is 4.90 Å². The van der Waals surface area contributed by atoms with Gasteiger partial charge in [-0.25, -0.2) is 8.42 Å². The van der Waals surface area contributed by atoms with Crippen LogP contribution in [0.1, 0.15) is 5.56 Å². The molecule has 0 aliphatic carbocycles. The van der Waals surface area contributed by atoms with E-state index in [2.05, 4.69) is 52.5 Å². The fourth-order valence-corrected chi connectivity index (χ4v) is 5.36. The van der Waals surface area contributed by atoms with Gasteiger partial charge in [0.1, 0.15) is 0 Å². The van der Waals surface area contributed by atoms with Crippen molar-refractivity contribution in [3.8, 4) is 6.07 Å². The van der Waals surface area contributed by atoms with Gasteiger partial charge in [0.15, 0.2) is 0 Å². The minimum atomic E-state index is -3.73. The Morgan fingerprint density at radius 3 is 2.00 bits per heavy atom. The van der Waals surface area contributed by atoms with E-state index in [4.69, 9.17) is 5.26 Å². The second kappa shape index (κ2) is 6.48. The normalized spacial score (nSPS) is 11.0. The van der Waals surface area contributed by atoms with Crippen molar-refractivity contribution in [2.24, 2.45) is 0 Å². The lowest BCUT2D eigenvalue weighted by Gasteiger charge is -2.12. The summed E-state index contributed by atoms with van der Waals surface area (Å²) in [6, 6.07) is 11.1. The number of rotatable bonds is 3. The molecule has 0 radical (unpaired) electrons. The van der Waals surface area contributed by atoms with E-state index in [1.165, 1.54) is 24.3 Å². The number of nitrogens with one attached hydrogen (secondary N) is 1. The number of hydrogen-bond acceptors (Lipinski definition) is 3. The molecule has 0 saturated heterocycles. The molecule has 0 spiro atoms. The molecule has 0 amide bonds. The van der Waals surface area contributed by atoms with E-state index in [0.29, 0.717) is 20.2 Å². The van der Waals surface area contributed by atoms with Gasteiger partial charge in [-0.3, -0.25) is 4.72 Å². The number of sulfonamides is 1.